The molecule has 0 spiro atoms. The number of fused-ring (bicyclic) bond motifs is 1. The molecule has 3 saturated carbocycles. The Labute approximate surface area is 179 Å². The van der Waals surface area contributed by atoms with Crippen LogP contribution in [-0.4, -0.2) is 34.2 Å². The number of hydrogen-bond donors (Lipinski definition) is 3. The lowest BCUT2D eigenvalue weighted by molar-refractivity contribution is -0.160. The molecule has 4 nitrogen and oxygen atoms in total. The van der Waals surface area contributed by atoms with Gasteiger partial charge in [-0.05, 0) is 92.1 Å². The molecular formula is C26H35NO3. The van der Waals surface area contributed by atoms with Gasteiger partial charge in [-0.1, -0.05) is 25.7 Å². The van der Waals surface area contributed by atoms with E-state index >= 15 is 0 Å². The summed E-state index contributed by atoms with van der Waals surface area (Å²) in [7, 11) is 0. The van der Waals surface area contributed by atoms with Crippen LogP contribution in [0.4, 0.5) is 0 Å². The standard InChI is InChI=1S/C26H35NO3/c28-20-11-18(9-17-5-6-17)21-13-24-26(30)14-19(10-16-3-1-2-4-16)23(29)15-25(26,7-8-27-24)22(21)12-20/h11-12,16-17,19,24,27-28,30H,1-10,13-15H2/t19-,24+,25+,26+/m0/s1. The lowest BCUT2D eigenvalue weighted by atomic mass is 9.47. The highest BCUT2D eigenvalue weighted by molar-refractivity contribution is 5.85. The second-order valence-electron chi connectivity index (χ2n) is 11.2. The molecule has 30 heavy (non-hydrogen) atoms. The number of hydrogen-bond acceptors (Lipinski definition) is 4. The molecule has 0 aromatic heterocycles. The zero-order valence-electron chi connectivity index (χ0n) is 18.0. The summed E-state index contributed by atoms with van der Waals surface area (Å²) >= 11 is 0. The van der Waals surface area contributed by atoms with Gasteiger partial charge in [0, 0.05) is 23.8 Å². The van der Waals surface area contributed by atoms with E-state index in [0.29, 0.717) is 30.3 Å². The van der Waals surface area contributed by atoms with Crippen LogP contribution in [0, 0.1) is 17.8 Å². The third-order valence-corrected chi connectivity index (χ3v) is 9.39. The Kier molecular flexibility index (Phi) is 4.38. The number of phenolic OH excluding ortho intramolecular Hbond substituents is 1. The Bertz CT molecular complexity index is 871. The van der Waals surface area contributed by atoms with Crippen molar-refractivity contribution in [3.8, 4) is 5.75 Å². The van der Waals surface area contributed by atoms with Gasteiger partial charge in [-0.15, -0.1) is 0 Å². The number of rotatable bonds is 4. The summed E-state index contributed by atoms with van der Waals surface area (Å²) in [5.74, 6) is 2.06. The highest BCUT2D eigenvalue weighted by Gasteiger charge is 2.65. The third kappa shape index (κ3) is 2.82. The minimum Gasteiger partial charge on any atom is -0.508 e. The van der Waals surface area contributed by atoms with E-state index in [2.05, 4.69) is 5.32 Å². The van der Waals surface area contributed by atoms with Gasteiger partial charge in [-0.25, -0.2) is 0 Å². The maximum atomic E-state index is 13.4. The minimum atomic E-state index is -0.889. The van der Waals surface area contributed by atoms with Gasteiger partial charge in [-0.2, -0.15) is 0 Å². The molecule has 2 bridgehead atoms. The number of carbonyl (C=O) groups is 1. The van der Waals surface area contributed by atoms with E-state index < -0.39 is 11.0 Å². The normalized spacial score (nSPS) is 38.4. The highest BCUT2D eigenvalue weighted by Crippen LogP contribution is 2.58. The molecule has 4 aliphatic carbocycles. The zero-order valence-corrected chi connectivity index (χ0v) is 18.0. The Morgan fingerprint density at radius 2 is 1.90 bits per heavy atom. The molecule has 1 heterocycles. The average molecular weight is 410 g/mol. The molecule has 4 fully saturated rings. The second-order valence-corrected chi connectivity index (χ2v) is 11.2. The molecule has 4 heteroatoms. The van der Waals surface area contributed by atoms with Gasteiger partial charge in [-0.3, -0.25) is 4.79 Å². The van der Waals surface area contributed by atoms with Crippen LogP contribution in [0.3, 0.4) is 0 Å². The summed E-state index contributed by atoms with van der Waals surface area (Å²) in [6.45, 7) is 0.834. The summed E-state index contributed by atoms with van der Waals surface area (Å²) in [6.07, 6.45) is 12.3. The van der Waals surface area contributed by atoms with E-state index in [1.165, 1.54) is 49.7 Å². The van der Waals surface area contributed by atoms with E-state index in [1.807, 2.05) is 12.1 Å². The molecule has 0 unspecified atom stereocenters. The molecule has 0 radical (unpaired) electrons. The van der Waals surface area contributed by atoms with Crippen LogP contribution in [0.25, 0.3) is 0 Å². The van der Waals surface area contributed by atoms with Crippen molar-refractivity contribution in [3.05, 3.63) is 28.8 Å². The predicted molar refractivity (Wildman–Crippen MR) is 116 cm³/mol. The third-order valence-electron chi connectivity index (χ3n) is 9.39. The number of benzene rings is 1. The monoisotopic (exact) mass is 409 g/mol. The van der Waals surface area contributed by atoms with Gasteiger partial charge in [0.15, 0.2) is 0 Å². The number of nitrogens with one attached hydrogen (secondary N) is 1. The highest BCUT2D eigenvalue weighted by atomic mass is 16.3. The van der Waals surface area contributed by atoms with E-state index in [0.717, 1.165) is 43.7 Å². The number of Topliss-reactive ketones (excluding diaryl/α,β-unsaturated/α-hetero) is 1. The van der Waals surface area contributed by atoms with Gasteiger partial charge >= 0.3 is 0 Å². The molecule has 0 amide bonds. The van der Waals surface area contributed by atoms with Crippen molar-refractivity contribution < 1.29 is 15.0 Å². The smallest absolute Gasteiger partial charge is 0.137 e. The van der Waals surface area contributed by atoms with Gasteiger partial charge in [0.05, 0.1) is 5.60 Å². The predicted octanol–water partition coefficient (Wildman–Crippen LogP) is 3.79. The van der Waals surface area contributed by atoms with Crippen LogP contribution < -0.4 is 5.32 Å². The van der Waals surface area contributed by atoms with Crippen LogP contribution in [-0.2, 0) is 23.1 Å². The van der Waals surface area contributed by atoms with Crippen molar-refractivity contribution in [1.29, 1.82) is 0 Å². The molecule has 3 N–H and O–H groups in total. The summed E-state index contributed by atoms with van der Waals surface area (Å²) in [5.41, 5.74) is 2.23. The van der Waals surface area contributed by atoms with Gasteiger partial charge < -0.3 is 15.5 Å². The Morgan fingerprint density at radius 1 is 1.10 bits per heavy atom. The number of piperidine rings is 1. The SMILES string of the molecule is O=C1C[C@]23CCN[C@H](Cc4c(CC5CC5)cc(O)cc42)[C@]3(O)C[C@@H]1CC1CCCC1. The average Bonchev–Trinajstić information content (AvgIpc) is 3.36. The molecule has 6 rings (SSSR count). The second kappa shape index (κ2) is 6.80. The van der Waals surface area contributed by atoms with Crippen molar-refractivity contribution in [3.63, 3.8) is 0 Å². The zero-order chi connectivity index (χ0) is 20.5. The lowest BCUT2D eigenvalue weighted by Gasteiger charge is -2.62. The fourth-order valence-corrected chi connectivity index (χ4v) is 7.66. The van der Waals surface area contributed by atoms with E-state index in [-0.39, 0.29) is 12.0 Å². The van der Waals surface area contributed by atoms with Crippen LogP contribution in [0.2, 0.25) is 0 Å². The maximum absolute atomic E-state index is 13.4. The van der Waals surface area contributed by atoms with E-state index in [1.54, 1.807) is 0 Å². The number of aromatic hydroxyl groups is 1. The van der Waals surface area contributed by atoms with Gasteiger partial charge in [0.2, 0.25) is 0 Å². The summed E-state index contributed by atoms with van der Waals surface area (Å²) < 4.78 is 0. The first kappa shape index (κ1) is 19.3. The first-order chi connectivity index (χ1) is 14.5. The first-order valence-electron chi connectivity index (χ1n) is 12.3. The van der Waals surface area contributed by atoms with E-state index in [9.17, 15) is 15.0 Å². The maximum Gasteiger partial charge on any atom is 0.137 e. The largest absolute Gasteiger partial charge is 0.508 e. The Balaban J connectivity index is 1.41. The van der Waals surface area contributed by atoms with Crippen molar-refractivity contribution in [1.82, 2.24) is 5.32 Å². The number of aliphatic hydroxyl groups is 1. The fraction of sp³-hybridized carbons (Fsp3) is 0.731. The molecular weight excluding hydrogens is 374 g/mol. The fourth-order valence-electron chi connectivity index (χ4n) is 7.66. The quantitative estimate of drug-likeness (QED) is 0.708. The van der Waals surface area contributed by atoms with E-state index in [4.69, 9.17) is 0 Å². The topological polar surface area (TPSA) is 69.6 Å². The molecule has 1 aromatic rings. The molecule has 4 atom stereocenters. The lowest BCUT2D eigenvalue weighted by Crippen LogP contribution is -2.73. The number of carbonyl (C=O) groups excluding carboxylic acids is 1. The Morgan fingerprint density at radius 3 is 2.67 bits per heavy atom. The van der Waals surface area contributed by atoms with Crippen LogP contribution in [0.15, 0.2) is 12.1 Å². The summed E-state index contributed by atoms with van der Waals surface area (Å²) in [6, 6.07) is 3.85. The van der Waals surface area contributed by atoms with Crippen LogP contribution in [0.5, 0.6) is 5.75 Å². The molecule has 1 aromatic carbocycles. The van der Waals surface area contributed by atoms with Crippen LogP contribution >= 0.6 is 0 Å². The molecule has 1 aliphatic heterocycles. The number of ketones is 1. The van der Waals surface area contributed by atoms with Gasteiger partial charge in [0.1, 0.15) is 11.5 Å². The molecule has 1 saturated heterocycles. The first-order valence-corrected chi connectivity index (χ1v) is 12.3. The van der Waals surface area contributed by atoms with Crippen molar-refractivity contribution >= 4 is 5.78 Å². The number of phenols is 1. The summed E-state index contributed by atoms with van der Waals surface area (Å²) in [4.78, 5) is 13.4. The van der Waals surface area contributed by atoms with Crippen LogP contribution in [0.1, 0.15) is 80.9 Å². The van der Waals surface area contributed by atoms with Crippen molar-refractivity contribution in [2.75, 3.05) is 6.54 Å². The van der Waals surface area contributed by atoms with Gasteiger partial charge in [0.25, 0.3) is 0 Å². The Hall–Kier alpha value is -1.39. The molecule has 162 valence electrons. The minimum absolute atomic E-state index is 0.00146. The van der Waals surface area contributed by atoms with Crippen molar-refractivity contribution in [2.45, 2.75) is 94.1 Å². The summed E-state index contributed by atoms with van der Waals surface area (Å²) in [5, 5.41) is 26.5. The van der Waals surface area contributed by atoms with Crippen molar-refractivity contribution in [2.24, 2.45) is 17.8 Å². The molecule has 5 aliphatic rings.